The molecule has 0 aliphatic heterocycles. The molecule has 17 heavy (non-hydrogen) atoms. The second-order valence-corrected chi connectivity index (χ2v) is 5.38. The van der Waals surface area contributed by atoms with Crippen molar-refractivity contribution in [1.29, 1.82) is 0 Å². The van der Waals surface area contributed by atoms with Crippen LogP contribution in [0.3, 0.4) is 0 Å². The second-order valence-electron chi connectivity index (χ2n) is 3.47. The molecule has 0 unspecified atom stereocenters. The maximum Gasteiger partial charge on any atom is 0.249 e. The van der Waals surface area contributed by atoms with Gasteiger partial charge < -0.3 is 5.73 Å². The zero-order chi connectivity index (χ0) is 12.5. The lowest BCUT2D eigenvalue weighted by Crippen LogP contribution is -2.07. The summed E-state index contributed by atoms with van der Waals surface area (Å²) in [5.41, 5.74) is 6.68. The Labute approximate surface area is 98.5 Å². The van der Waals surface area contributed by atoms with E-state index in [4.69, 9.17) is 5.73 Å². The van der Waals surface area contributed by atoms with Crippen LogP contribution < -0.4 is 5.73 Å². The summed E-state index contributed by atoms with van der Waals surface area (Å²) in [6.07, 6.45) is 4.23. The van der Waals surface area contributed by atoms with Crippen molar-refractivity contribution in [2.45, 2.75) is 5.16 Å². The third-order valence-corrected chi connectivity index (χ3v) is 2.86. The van der Waals surface area contributed by atoms with Crippen LogP contribution >= 0.6 is 0 Å². The van der Waals surface area contributed by atoms with E-state index in [1.165, 1.54) is 6.07 Å². The molecule has 6 nitrogen and oxygen atoms in total. The lowest BCUT2D eigenvalue weighted by molar-refractivity contribution is 0.593. The molecule has 0 saturated carbocycles. The van der Waals surface area contributed by atoms with Crippen molar-refractivity contribution in [2.75, 3.05) is 12.0 Å². The van der Waals surface area contributed by atoms with E-state index in [1.807, 2.05) is 0 Å². The molecule has 0 spiro atoms. The summed E-state index contributed by atoms with van der Waals surface area (Å²) in [6.45, 7) is 0. The van der Waals surface area contributed by atoms with Crippen LogP contribution in [-0.4, -0.2) is 29.6 Å². The molecule has 0 radical (unpaired) electrons. The van der Waals surface area contributed by atoms with E-state index in [2.05, 4.69) is 15.0 Å². The Hall–Kier alpha value is -2.02. The summed E-state index contributed by atoms with van der Waals surface area (Å²) >= 11 is 0. The van der Waals surface area contributed by atoms with Crippen LogP contribution in [0.1, 0.15) is 0 Å². The molecule has 0 aromatic carbocycles. The number of hydrogen-bond donors (Lipinski definition) is 1. The van der Waals surface area contributed by atoms with E-state index < -0.39 is 9.84 Å². The van der Waals surface area contributed by atoms with Gasteiger partial charge in [0.2, 0.25) is 15.0 Å². The van der Waals surface area contributed by atoms with Gasteiger partial charge in [-0.1, -0.05) is 0 Å². The van der Waals surface area contributed by atoms with Crippen molar-refractivity contribution in [2.24, 2.45) is 0 Å². The van der Waals surface area contributed by atoms with Crippen LogP contribution in [-0.2, 0) is 9.84 Å². The fourth-order valence-corrected chi connectivity index (χ4v) is 1.81. The molecule has 0 bridgehead atoms. The first-order chi connectivity index (χ1) is 7.97. The van der Waals surface area contributed by atoms with Crippen molar-refractivity contribution < 1.29 is 8.42 Å². The number of rotatable bonds is 2. The van der Waals surface area contributed by atoms with Crippen LogP contribution in [0.2, 0.25) is 0 Å². The molecule has 2 aromatic heterocycles. The molecule has 88 valence electrons. The summed E-state index contributed by atoms with van der Waals surface area (Å²) in [5.74, 6) is 0.110. The second kappa shape index (κ2) is 4.10. The number of hydrogen-bond acceptors (Lipinski definition) is 6. The minimum Gasteiger partial charge on any atom is -0.384 e. The van der Waals surface area contributed by atoms with Crippen molar-refractivity contribution in [3.05, 3.63) is 30.6 Å². The maximum absolute atomic E-state index is 11.4. The van der Waals surface area contributed by atoms with Crippen molar-refractivity contribution in [3.8, 4) is 11.3 Å². The highest BCUT2D eigenvalue weighted by Crippen LogP contribution is 2.18. The molecule has 2 aromatic rings. The molecule has 0 fully saturated rings. The molecule has 2 N–H and O–H groups in total. The molecule has 2 heterocycles. The lowest BCUT2D eigenvalue weighted by Gasteiger charge is -2.03. The molecular formula is C10H10N4O2S. The smallest absolute Gasteiger partial charge is 0.249 e. The predicted octanol–water partition coefficient (Wildman–Crippen LogP) is 0.524. The van der Waals surface area contributed by atoms with Crippen LogP contribution in [0.4, 0.5) is 5.82 Å². The molecular weight excluding hydrogens is 240 g/mol. The first kappa shape index (κ1) is 11.5. The monoisotopic (exact) mass is 250 g/mol. The highest BCUT2D eigenvalue weighted by molar-refractivity contribution is 7.90. The van der Waals surface area contributed by atoms with Crippen LogP contribution in [0, 0.1) is 0 Å². The minimum absolute atomic E-state index is 0.110. The number of anilines is 1. The molecule has 2 rings (SSSR count). The zero-order valence-corrected chi connectivity index (χ0v) is 9.85. The third-order valence-electron chi connectivity index (χ3n) is 2.01. The fourth-order valence-electron chi connectivity index (χ4n) is 1.27. The number of nitrogens with two attached hydrogens (primary N) is 1. The van der Waals surface area contributed by atoms with Crippen molar-refractivity contribution >= 4 is 15.7 Å². The first-order valence-electron chi connectivity index (χ1n) is 4.72. The number of nitrogens with zero attached hydrogens (tertiary/aromatic N) is 3. The quantitative estimate of drug-likeness (QED) is 0.780. The molecule has 7 heteroatoms. The summed E-state index contributed by atoms with van der Waals surface area (Å²) in [7, 11) is -3.48. The SMILES string of the molecule is CS(=O)(=O)c1nc(N)cc(-c2cccnc2)n1. The lowest BCUT2D eigenvalue weighted by atomic mass is 10.2. The molecule has 0 atom stereocenters. The number of aromatic nitrogens is 3. The number of sulfone groups is 1. The van der Waals surface area contributed by atoms with E-state index >= 15 is 0 Å². The van der Waals surface area contributed by atoms with Gasteiger partial charge in [0.05, 0.1) is 5.69 Å². The fraction of sp³-hybridized carbons (Fsp3) is 0.100. The number of pyridine rings is 1. The average Bonchev–Trinajstić information content (AvgIpc) is 2.28. The standard InChI is InChI=1S/C10H10N4O2S/c1-17(15,16)10-13-8(5-9(11)14-10)7-3-2-4-12-6-7/h2-6H,1H3,(H2,11,13,14). The highest BCUT2D eigenvalue weighted by atomic mass is 32.2. The van der Waals surface area contributed by atoms with Gasteiger partial charge in [0.15, 0.2) is 0 Å². The normalized spacial score (nSPS) is 11.4. The molecule has 0 saturated heterocycles. The highest BCUT2D eigenvalue weighted by Gasteiger charge is 2.14. The van der Waals surface area contributed by atoms with Gasteiger partial charge in [-0.25, -0.2) is 18.4 Å². The van der Waals surface area contributed by atoms with Crippen molar-refractivity contribution in [1.82, 2.24) is 15.0 Å². The predicted molar refractivity (Wildman–Crippen MR) is 62.8 cm³/mol. The summed E-state index contributed by atoms with van der Waals surface area (Å²) < 4.78 is 22.7. The van der Waals surface area contributed by atoms with Gasteiger partial charge in [0, 0.05) is 30.3 Å². The number of nitrogen functional groups attached to an aromatic ring is 1. The molecule has 0 amide bonds. The Balaban J connectivity index is 2.61. The topological polar surface area (TPSA) is 98.8 Å². The van der Waals surface area contributed by atoms with Gasteiger partial charge >= 0.3 is 0 Å². The largest absolute Gasteiger partial charge is 0.384 e. The summed E-state index contributed by atoms with van der Waals surface area (Å²) in [4.78, 5) is 11.6. The van der Waals surface area contributed by atoms with Crippen LogP contribution in [0.15, 0.2) is 35.7 Å². The van der Waals surface area contributed by atoms with Gasteiger partial charge in [0.25, 0.3) is 0 Å². The van der Waals surface area contributed by atoms with Gasteiger partial charge in [0.1, 0.15) is 5.82 Å². The Kier molecular flexibility index (Phi) is 2.76. The molecule has 0 aliphatic carbocycles. The van der Waals surface area contributed by atoms with Crippen LogP contribution in [0.5, 0.6) is 0 Å². The Morgan fingerprint density at radius 3 is 2.65 bits per heavy atom. The first-order valence-corrected chi connectivity index (χ1v) is 6.61. The zero-order valence-electron chi connectivity index (χ0n) is 9.03. The van der Waals surface area contributed by atoms with E-state index in [0.717, 1.165) is 6.26 Å². The van der Waals surface area contributed by atoms with E-state index in [9.17, 15) is 8.42 Å². The van der Waals surface area contributed by atoms with Crippen LogP contribution in [0.25, 0.3) is 11.3 Å². The molecule has 0 aliphatic rings. The van der Waals surface area contributed by atoms with E-state index in [-0.39, 0.29) is 11.0 Å². The minimum atomic E-state index is -3.48. The van der Waals surface area contributed by atoms with Gasteiger partial charge in [-0.15, -0.1) is 0 Å². The average molecular weight is 250 g/mol. The van der Waals surface area contributed by atoms with E-state index in [0.29, 0.717) is 11.3 Å². The van der Waals surface area contributed by atoms with Crippen molar-refractivity contribution in [3.63, 3.8) is 0 Å². The van der Waals surface area contributed by atoms with Gasteiger partial charge in [-0.2, -0.15) is 0 Å². The van der Waals surface area contributed by atoms with Gasteiger partial charge in [-0.05, 0) is 12.1 Å². The summed E-state index contributed by atoms with van der Waals surface area (Å²) in [5, 5.41) is -0.281. The maximum atomic E-state index is 11.4. The Bertz CT molecular complexity index is 641. The Morgan fingerprint density at radius 1 is 1.29 bits per heavy atom. The summed E-state index contributed by atoms with van der Waals surface area (Å²) in [6, 6.07) is 5.00. The van der Waals surface area contributed by atoms with Gasteiger partial charge in [-0.3, -0.25) is 4.98 Å². The van der Waals surface area contributed by atoms with E-state index in [1.54, 1.807) is 24.5 Å². The third kappa shape index (κ3) is 2.56. The Morgan fingerprint density at radius 2 is 2.06 bits per heavy atom.